The van der Waals surface area contributed by atoms with Crippen LogP contribution in [0.25, 0.3) is 0 Å². The Labute approximate surface area is 217 Å². The van der Waals surface area contributed by atoms with Crippen molar-refractivity contribution in [3.05, 3.63) is 83.4 Å². The summed E-state index contributed by atoms with van der Waals surface area (Å²) in [4.78, 5) is 18.1. The zero-order chi connectivity index (χ0) is 25.7. The maximum absolute atomic E-state index is 13.4. The molecular weight excluding hydrogens is 470 g/mol. The molecule has 0 bridgehead atoms. The Hall–Kier alpha value is -3.16. The molecule has 1 aliphatic rings. The minimum Gasteiger partial charge on any atom is -0.588 e. The maximum atomic E-state index is 13.4. The highest BCUT2D eigenvalue weighted by Crippen LogP contribution is 2.29. The predicted octanol–water partition coefficient (Wildman–Crippen LogP) is 5.30. The van der Waals surface area contributed by atoms with Crippen LogP contribution in [0.15, 0.2) is 71.6 Å². The predicted molar refractivity (Wildman–Crippen MR) is 147 cm³/mol. The number of ether oxygens (including phenoxy) is 1. The van der Waals surface area contributed by atoms with Gasteiger partial charge in [-0.15, -0.1) is 0 Å². The minimum absolute atomic E-state index is 0.0240. The smallest absolute Gasteiger partial charge is 0.254 e. The lowest BCUT2D eigenvalue weighted by Crippen LogP contribution is -2.49. The molecule has 3 aromatic carbocycles. The monoisotopic (exact) mass is 505 g/mol. The first-order chi connectivity index (χ1) is 17.4. The number of benzene rings is 3. The largest absolute Gasteiger partial charge is 0.588 e. The van der Waals surface area contributed by atoms with Gasteiger partial charge in [-0.25, -0.2) is 4.72 Å². The number of anilines is 2. The first-order valence-electron chi connectivity index (χ1n) is 12.4. The van der Waals surface area contributed by atoms with Gasteiger partial charge in [0.25, 0.3) is 5.91 Å². The van der Waals surface area contributed by atoms with Crippen LogP contribution in [-0.2, 0) is 17.8 Å². The van der Waals surface area contributed by atoms with Gasteiger partial charge in [-0.3, -0.25) is 4.79 Å². The van der Waals surface area contributed by atoms with E-state index in [2.05, 4.69) is 35.6 Å². The fourth-order valence-corrected chi connectivity index (χ4v) is 5.39. The van der Waals surface area contributed by atoms with E-state index in [0.717, 1.165) is 42.2 Å². The van der Waals surface area contributed by atoms with Gasteiger partial charge in [0.2, 0.25) is 0 Å². The lowest BCUT2D eigenvalue weighted by atomic mass is 10.0. The van der Waals surface area contributed by atoms with E-state index in [0.29, 0.717) is 29.5 Å². The summed E-state index contributed by atoms with van der Waals surface area (Å²) >= 11 is -1.47. The fraction of sp³-hybridized carbons (Fsp3) is 0.345. The van der Waals surface area contributed by atoms with Crippen LogP contribution in [0.2, 0.25) is 0 Å². The van der Waals surface area contributed by atoms with Crippen molar-refractivity contribution in [1.82, 2.24) is 4.90 Å². The van der Waals surface area contributed by atoms with Crippen molar-refractivity contribution in [2.24, 2.45) is 5.92 Å². The van der Waals surface area contributed by atoms with Crippen molar-refractivity contribution in [1.29, 1.82) is 0 Å². The molecule has 0 spiro atoms. The molecule has 1 unspecified atom stereocenters. The highest BCUT2D eigenvalue weighted by Gasteiger charge is 2.26. The summed E-state index contributed by atoms with van der Waals surface area (Å²) in [7, 11) is 1.68. The third-order valence-electron chi connectivity index (χ3n) is 6.45. The number of carbonyl (C=O) groups excluding carboxylic acids is 1. The number of nitrogens with one attached hydrogen (secondary N) is 1. The van der Waals surface area contributed by atoms with Gasteiger partial charge in [0.1, 0.15) is 17.1 Å². The average Bonchev–Trinajstić information content (AvgIpc) is 2.89. The zero-order valence-electron chi connectivity index (χ0n) is 21.5. The molecule has 1 fully saturated rings. The summed E-state index contributed by atoms with van der Waals surface area (Å²) in [5.74, 6) is 1.40. The number of piperazine rings is 1. The Kier molecular flexibility index (Phi) is 8.44. The molecule has 0 aliphatic carbocycles. The van der Waals surface area contributed by atoms with Crippen molar-refractivity contribution in [3.63, 3.8) is 0 Å². The SMILES string of the molecule is COc1ccccc1N1CCN(C(=O)c2cc([S+]([O-])Nc3ccc(CC(C)C)cc3)ccc2C)CC1. The van der Waals surface area contributed by atoms with E-state index < -0.39 is 11.4 Å². The first kappa shape index (κ1) is 25.9. The number of hydrogen-bond donors (Lipinski definition) is 1. The molecule has 36 heavy (non-hydrogen) atoms. The van der Waals surface area contributed by atoms with Crippen molar-refractivity contribution in [2.45, 2.75) is 32.1 Å². The van der Waals surface area contributed by atoms with E-state index in [9.17, 15) is 9.35 Å². The lowest BCUT2D eigenvalue weighted by molar-refractivity contribution is 0.0745. The second-order valence-electron chi connectivity index (χ2n) is 9.59. The summed E-state index contributed by atoms with van der Waals surface area (Å²) in [6.45, 7) is 8.99. The van der Waals surface area contributed by atoms with E-state index in [1.807, 2.05) is 60.4 Å². The molecule has 1 heterocycles. The van der Waals surface area contributed by atoms with Crippen LogP contribution in [0.1, 0.15) is 35.3 Å². The molecule has 7 heteroatoms. The second-order valence-corrected chi connectivity index (χ2v) is 10.8. The van der Waals surface area contributed by atoms with Gasteiger partial charge in [-0.2, -0.15) is 0 Å². The van der Waals surface area contributed by atoms with Crippen LogP contribution in [0, 0.1) is 12.8 Å². The highest BCUT2D eigenvalue weighted by atomic mass is 32.2. The Morgan fingerprint density at radius 1 is 1.03 bits per heavy atom. The topological polar surface area (TPSA) is 67.9 Å². The molecule has 0 saturated carbocycles. The molecule has 6 nitrogen and oxygen atoms in total. The van der Waals surface area contributed by atoms with E-state index in [4.69, 9.17) is 4.74 Å². The van der Waals surface area contributed by atoms with E-state index >= 15 is 0 Å². The van der Waals surface area contributed by atoms with Gasteiger partial charge in [0, 0.05) is 37.8 Å². The van der Waals surface area contributed by atoms with E-state index in [1.165, 1.54) is 5.56 Å². The highest BCUT2D eigenvalue weighted by molar-refractivity contribution is 7.92. The van der Waals surface area contributed by atoms with Gasteiger partial charge in [0.15, 0.2) is 4.90 Å². The number of aryl methyl sites for hydroxylation is 1. The van der Waals surface area contributed by atoms with Crippen molar-refractivity contribution in [2.75, 3.05) is 42.9 Å². The molecule has 0 aromatic heterocycles. The van der Waals surface area contributed by atoms with Crippen molar-refractivity contribution >= 4 is 28.6 Å². The maximum Gasteiger partial charge on any atom is 0.254 e. The molecule has 1 N–H and O–H groups in total. The lowest BCUT2D eigenvalue weighted by Gasteiger charge is -2.36. The Morgan fingerprint density at radius 2 is 1.72 bits per heavy atom. The molecule has 1 aliphatic heterocycles. The summed E-state index contributed by atoms with van der Waals surface area (Å²) in [6, 6.07) is 21.5. The molecular formula is C29H35N3O3S. The van der Waals surface area contributed by atoms with Gasteiger partial charge >= 0.3 is 0 Å². The molecule has 1 atom stereocenters. The zero-order valence-corrected chi connectivity index (χ0v) is 22.3. The number of methoxy groups -OCH3 is 1. The summed E-state index contributed by atoms with van der Waals surface area (Å²) in [5, 5.41) is 0. The minimum atomic E-state index is -1.47. The number of rotatable bonds is 8. The van der Waals surface area contributed by atoms with E-state index in [-0.39, 0.29) is 5.91 Å². The average molecular weight is 506 g/mol. The van der Waals surface area contributed by atoms with Gasteiger partial charge < -0.3 is 19.1 Å². The normalized spacial score (nSPS) is 14.6. The fourth-order valence-electron chi connectivity index (χ4n) is 4.50. The summed E-state index contributed by atoms with van der Waals surface area (Å²) in [6.07, 6.45) is 1.01. The first-order valence-corrected chi connectivity index (χ1v) is 13.6. The quantitative estimate of drug-likeness (QED) is 0.421. The Morgan fingerprint density at radius 3 is 2.39 bits per heavy atom. The van der Waals surface area contributed by atoms with Crippen LogP contribution in [0.5, 0.6) is 5.75 Å². The third kappa shape index (κ3) is 6.15. The number of para-hydroxylation sites is 2. The summed E-state index contributed by atoms with van der Waals surface area (Å²) < 4.78 is 21.6. The number of carbonyl (C=O) groups is 1. The van der Waals surface area contributed by atoms with Gasteiger partial charge in [-0.1, -0.05) is 44.2 Å². The number of amides is 1. The van der Waals surface area contributed by atoms with Crippen molar-refractivity contribution < 1.29 is 14.1 Å². The molecule has 1 saturated heterocycles. The standard InChI is InChI=1S/C29H35N3O3S/c1-21(2)19-23-10-12-24(13-11-23)30-36(34)25-14-9-22(3)26(20-25)29(33)32-17-15-31(16-18-32)27-7-5-6-8-28(27)35-4/h5-14,20-21,30H,15-19H2,1-4H3. The van der Waals surface area contributed by atoms with Gasteiger partial charge in [0.05, 0.1) is 18.5 Å². The molecule has 1 amide bonds. The number of hydrogen-bond acceptors (Lipinski definition) is 5. The summed E-state index contributed by atoms with van der Waals surface area (Å²) in [5.41, 5.74) is 4.58. The Bertz CT molecular complexity index is 1170. The van der Waals surface area contributed by atoms with Crippen LogP contribution in [0.4, 0.5) is 11.4 Å². The van der Waals surface area contributed by atoms with E-state index in [1.54, 1.807) is 13.2 Å². The van der Waals surface area contributed by atoms with Crippen LogP contribution >= 0.6 is 0 Å². The molecule has 3 aromatic rings. The van der Waals surface area contributed by atoms with Crippen LogP contribution < -0.4 is 14.4 Å². The molecule has 4 rings (SSSR count). The van der Waals surface area contributed by atoms with Gasteiger partial charge in [-0.05, 0) is 60.7 Å². The van der Waals surface area contributed by atoms with Crippen LogP contribution in [-0.4, -0.2) is 48.6 Å². The van der Waals surface area contributed by atoms with Crippen molar-refractivity contribution in [3.8, 4) is 5.75 Å². The molecule has 0 radical (unpaired) electrons. The Balaban J connectivity index is 1.41. The number of nitrogens with zero attached hydrogens (tertiary/aromatic N) is 2. The van der Waals surface area contributed by atoms with Crippen LogP contribution in [0.3, 0.4) is 0 Å². The molecule has 190 valence electrons. The third-order valence-corrected chi connectivity index (χ3v) is 7.56. The second kappa shape index (κ2) is 11.7.